The Morgan fingerprint density at radius 3 is 1.12 bits per heavy atom. The van der Waals surface area contributed by atoms with Crippen LogP contribution in [0.25, 0.3) is 0 Å². The van der Waals surface area contributed by atoms with Crippen molar-refractivity contribution in [1.29, 1.82) is 0 Å². The smallest absolute Gasteiger partial charge is 0.306 e. The largest absolute Gasteiger partial charge is 0.545 e. The summed E-state index contributed by atoms with van der Waals surface area (Å²) in [5.41, 5.74) is 0. The highest BCUT2D eigenvalue weighted by Gasteiger charge is 2.21. The molecular weight excluding hydrogens is 935 g/mol. The zero-order valence-electron chi connectivity index (χ0n) is 47.3. The molecule has 2 atom stereocenters. The second kappa shape index (κ2) is 54.9. The van der Waals surface area contributed by atoms with Crippen molar-refractivity contribution in [2.24, 2.45) is 0 Å². The van der Waals surface area contributed by atoms with Crippen LogP contribution in [0.5, 0.6) is 0 Å². The van der Waals surface area contributed by atoms with Crippen LogP contribution in [0.15, 0.2) is 170 Å². The number of esters is 2. The maximum atomic E-state index is 12.9. The number of carbonyl (C=O) groups excluding carboxylic acids is 3. The molecule has 0 amide bonds. The van der Waals surface area contributed by atoms with Gasteiger partial charge >= 0.3 is 11.9 Å². The lowest BCUT2D eigenvalue weighted by molar-refractivity contribution is -0.870. The summed E-state index contributed by atoms with van der Waals surface area (Å²) >= 11 is 0. The van der Waals surface area contributed by atoms with E-state index < -0.39 is 30.3 Å². The van der Waals surface area contributed by atoms with E-state index in [0.717, 1.165) is 128 Å². The van der Waals surface area contributed by atoms with Gasteiger partial charge in [0.15, 0.2) is 12.4 Å². The molecule has 0 bridgehead atoms. The third-order valence-corrected chi connectivity index (χ3v) is 11.0. The molecule has 9 nitrogen and oxygen atoms in total. The first kappa shape index (κ1) is 69.7. The fourth-order valence-corrected chi connectivity index (χ4v) is 6.69. The number of likely N-dealkylation sites (N-methyl/N-ethyl adjacent to an activating group) is 1. The van der Waals surface area contributed by atoms with Gasteiger partial charge in [-0.15, -0.1) is 0 Å². The third kappa shape index (κ3) is 56.2. The van der Waals surface area contributed by atoms with Crippen LogP contribution in [0.4, 0.5) is 0 Å². The molecule has 75 heavy (non-hydrogen) atoms. The van der Waals surface area contributed by atoms with Crippen LogP contribution in [0.3, 0.4) is 0 Å². The van der Waals surface area contributed by atoms with Gasteiger partial charge in [-0.05, 0) is 116 Å². The van der Waals surface area contributed by atoms with Crippen LogP contribution in [-0.2, 0) is 33.3 Å². The molecule has 418 valence electrons. The summed E-state index contributed by atoms with van der Waals surface area (Å²) in [6.07, 6.45) is 79.8. The first-order chi connectivity index (χ1) is 36.6. The van der Waals surface area contributed by atoms with E-state index in [1.807, 2.05) is 33.3 Å². The third-order valence-electron chi connectivity index (χ3n) is 11.0. The standard InChI is InChI=1S/C66H101NO8/c1-6-8-10-12-14-16-18-20-22-24-26-27-28-29-30-31-32-33-34-35-36-37-39-41-43-45-47-49-51-53-55-57-64(69)75-62(61-74-66(65(70)71)72-59-58-67(3,4)5)60-73-63(68)56-54-52-50-48-46-44-42-40-38-25-23-21-19-17-15-13-11-9-7-2/h8-11,14-17,20-23,26-27,29-30,32-33,35-36,38-41,44,46,50,52,62,66H,6-7,12-13,18-19,24-25,28,31,34,37,42-43,45,47-49,51,53-61H2,1-5H3/b10-8-,11-9-,16-14-,17-15-,22-20-,23-21-,27-26-,30-29-,33-32-,36-35-,40-38-,41-39-,46-44-,52-50-. The van der Waals surface area contributed by atoms with E-state index in [1.54, 1.807) is 0 Å². The van der Waals surface area contributed by atoms with E-state index in [4.69, 9.17) is 18.9 Å². The van der Waals surface area contributed by atoms with Crippen molar-refractivity contribution in [3.8, 4) is 0 Å². The number of carboxylic acid groups (broad SMARTS) is 1. The van der Waals surface area contributed by atoms with Gasteiger partial charge in [-0.25, -0.2) is 0 Å². The Balaban J connectivity index is 4.43. The lowest BCUT2D eigenvalue weighted by atomic mass is 10.1. The molecule has 0 saturated heterocycles. The van der Waals surface area contributed by atoms with Gasteiger partial charge in [-0.3, -0.25) is 9.59 Å². The van der Waals surface area contributed by atoms with Crippen molar-refractivity contribution < 1.29 is 42.9 Å². The van der Waals surface area contributed by atoms with E-state index >= 15 is 0 Å². The molecular formula is C66H101NO8. The summed E-state index contributed by atoms with van der Waals surface area (Å²) in [5.74, 6) is -2.44. The van der Waals surface area contributed by atoms with E-state index in [0.29, 0.717) is 23.9 Å². The van der Waals surface area contributed by atoms with Gasteiger partial charge in [0.05, 0.1) is 40.3 Å². The van der Waals surface area contributed by atoms with Crippen molar-refractivity contribution in [2.45, 2.75) is 180 Å². The Bertz CT molecular complexity index is 1830. The summed E-state index contributed by atoms with van der Waals surface area (Å²) in [6, 6.07) is 0. The quantitative estimate of drug-likeness (QED) is 0.0195. The highest BCUT2D eigenvalue weighted by atomic mass is 16.7. The van der Waals surface area contributed by atoms with Crippen molar-refractivity contribution in [1.82, 2.24) is 0 Å². The van der Waals surface area contributed by atoms with Crippen molar-refractivity contribution in [3.05, 3.63) is 170 Å². The first-order valence-corrected chi connectivity index (χ1v) is 28.3. The summed E-state index contributed by atoms with van der Waals surface area (Å²) in [7, 11) is 5.87. The van der Waals surface area contributed by atoms with Crippen LogP contribution < -0.4 is 5.11 Å². The molecule has 0 radical (unpaired) electrons. The number of aliphatic carboxylic acids is 1. The minimum absolute atomic E-state index is 0.122. The first-order valence-electron chi connectivity index (χ1n) is 28.3. The van der Waals surface area contributed by atoms with Crippen LogP contribution >= 0.6 is 0 Å². The number of hydrogen-bond donors (Lipinski definition) is 0. The van der Waals surface area contributed by atoms with E-state index in [-0.39, 0.29) is 32.7 Å². The van der Waals surface area contributed by atoms with Crippen LogP contribution in [0.1, 0.15) is 168 Å². The average molecular weight is 1040 g/mol. The SMILES string of the molecule is CC/C=C\C/C=C\C/C=C\C/C=C\C/C=C\C/C=C\C/C=C\C/C=C\CCCCCCCCC(=O)OC(COC(=O)CC/C=C\C/C=C\C/C=C\C/C=C\C/C=C\C/C=C\CC)COC(OCC[N+](C)(C)C)C(=O)[O-]. The molecule has 0 heterocycles. The molecule has 0 aliphatic carbocycles. The molecule has 0 aromatic carbocycles. The Hall–Kier alpha value is -5.35. The minimum Gasteiger partial charge on any atom is -0.545 e. The van der Waals surface area contributed by atoms with Crippen molar-refractivity contribution in [2.75, 3.05) is 47.5 Å². The lowest BCUT2D eigenvalue weighted by Gasteiger charge is -2.26. The molecule has 0 aliphatic rings. The summed E-state index contributed by atoms with van der Waals surface area (Å²) in [5, 5.41) is 11.8. The Morgan fingerprint density at radius 1 is 0.400 bits per heavy atom. The normalized spacial score (nSPS) is 14.1. The van der Waals surface area contributed by atoms with Gasteiger partial charge in [0.1, 0.15) is 13.2 Å². The number of hydrogen-bond acceptors (Lipinski definition) is 8. The highest BCUT2D eigenvalue weighted by molar-refractivity contribution is 5.70. The maximum absolute atomic E-state index is 12.9. The number of unbranched alkanes of at least 4 members (excludes halogenated alkanes) is 6. The molecule has 0 saturated carbocycles. The van der Waals surface area contributed by atoms with Crippen LogP contribution in [-0.4, -0.2) is 82.3 Å². The van der Waals surface area contributed by atoms with Crippen LogP contribution in [0.2, 0.25) is 0 Å². The fraction of sp³-hybridized carbons (Fsp3) is 0.530. The molecule has 9 heteroatoms. The Morgan fingerprint density at radius 2 is 0.747 bits per heavy atom. The zero-order chi connectivity index (χ0) is 54.8. The molecule has 0 spiro atoms. The number of carbonyl (C=O) groups is 3. The van der Waals surface area contributed by atoms with E-state index in [9.17, 15) is 19.5 Å². The topological polar surface area (TPSA) is 111 Å². The molecule has 2 unspecified atom stereocenters. The van der Waals surface area contributed by atoms with Gasteiger partial charge in [0.2, 0.25) is 0 Å². The predicted molar refractivity (Wildman–Crippen MR) is 315 cm³/mol. The minimum atomic E-state index is -1.65. The number of allylic oxidation sites excluding steroid dienone is 28. The lowest BCUT2D eigenvalue weighted by Crippen LogP contribution is -2.44. The highest BCUT2D eigenvalue weighted by Crippen LogP contribution is 2.12. The van der Waals surface area contributed by atoms with Gasteiger partial charge < -0.3 is 33.3 Å². The summed E-state index contributed by atoms with van der Waals surface area (Å²) < 4.78 is 22.5. The van der Waals surface area contributed by atoms with Crippen molar-refractivity contribution in [3.63, 3.8) is 0 Å². The van der Waals surface area contributed by atoms with Gasteiger partial charge in [0, 0.05) is 12.8 Å². The monoisotopic (exact) mass is 1040 g/mol. The maximum Gasteiger partial charge on any atom is 0.306 e. The number of carboxylic acids is 1. The average Bonchev–Trinajstić information content (AvgIpc) is 3.38. The predicted octanol–water partition coefficient (Wildman–Crippen LogP) is 15.4. The second-order valence-corrected chi connectivity index (χ2v) is 19.1. The van der Waals surface area contributed by atoms with Crippen LogP contribution in [0, 0.1) is 0 Å². The number of quaternary nitrogens is 1. The van der Waals surface area contributed by atoms with E-state index in [1.165, 1.54) is 0 Å². The molecule has 0 aliphatic heterocycles. The molecule has 0 rings (SSSR count). The number of ether oxygens (including phenoxy) is 4. The number of rotatable bonds is 49. The van der Waals surface area contributed by atoms with Gasteiger partial charge in [-0.1, -0.05) is 210 Å². The fourth-order valence-electron chi connectivity index (χ4n) is 6.69. The number of nitrogens with zero attached hydrogens (tertiary/aromatic N) is 1. The molecule has 0 fully saturated rings. The molecule has 0 N–H and O–H groups in total. The van der Waals surface area contributed by atoms with Crippen molar-refractivity contribution >= 4 is 17.9 Å². The Kier molecular flexibility index (Phi) is 51.0. The summed E-state index contributed by atoms with van der Waals surface area (Å²) in [6.45, 7) is 4.37. The van der Waals surface area contributed by atoms with Gasteiger partial charge in [0.25, 0.3) is 0 Å². The zero-order valence-corrected chi connectivity index (χ0v) is 47.3. The molecule has 0 aromatic heterocycles. The second-order valence-electron chi connectivity index (χ2n) is 19.1. The van der Waals surface area contributed by atoms with Gasteiger partial charge in [-0.2, -0.15) is 0 Å². The summed E-state index contributed by atoms with van der Waals surface area (Å²) in [4.78, 5) is 37.2. The molecule has 0 aromatic rings. The van der Waals surface area contributed by atoms with E-state index in [2.05, 4.69) is 172 Å². The Labute approximate surface area is 457 Å².